The van der Waals surface area contributed by atoms with Crippen molar-refractivity contribution >= 4 is 21.4 Å². The first-order chi connectivity index (χ1) is 10.3. The zero-order valence-corrected chi connectivity index (χ0v) is 13.8. The molecule has 0 bridgehead atoms. The van der Waals surface area contributed by atoms with Crippen LogP contribution in [-0.4, -0.2) is 30.5 Å². The first-order valence-corrected chi connectivity index (χ1v) is 9.17. The molecule has 22 heavy (non-hydrogen) atoms. The number of halogens is 2. The molecular formula is C14H16F2N2O2S2. The summed E-state index contributed by atoms with van der Waals surface area (Å²) in [5.74, 6) is -1.32. The van der Waals surface area contributed by atoms with Gasteiger partial charge in [-0.05, 0) is 18.6 Å². The zero-order valence-electron chi connectivity index (χ0n) is 12.2. The SMILES string of the molecule is CCCS(=O)(=O)N(C)Cc1nc(-c2c(F)cccc2F)cs1. The van der Waals surface area contributed by atoms with E-state index in [0.717, 1.165) is 12.1 Å². The van der Waals surface area contributed by atoms with Gasteiger partial charge in [0.25, 0.3) is 0 Å². The molecule has 8 heteroatoms. The van der Waals surface area contributed by atoms with Crippen molar-refractivity contribution in [3.63, 3.8) is 0 Å². The van der Waals surface area contributed by atoms with E-state index in [1.165, 1.54) is 34.1 Å². The van der Waals surface area contributed by atoms with Crippen LogP contribution in [-0.2, 0) is 16.6 Å². The van der Waals surface area contributed by atoms with E-state index in [-0.39, 0.29) is 23.6 Å². The van der Waals surface area contributed by atoms with Gasteiger partial charge >= 0.3 is 0 Å². The van der Waals surface area contributed by atoms with Gasteiger partial charge in [0.1, 0.15) is 16.6 Å². The minimum Gasteiger partial charge on any atom is -0.240 e. The molecule has 1 aromatic heterocycles. The van der Waals surface area contributed by atoms with E-state index in [1.54, 1.807) is 6.92 Å². The summed E-state index contributed by atoms with van der Waals surface area (Å²) in [6.07, 6.45) is 0.524. The Hall–Kier alpha value is -1.38. The van der Waals surface area contributed by atoms with Crippen molar-refractivity contribution in [1.82, 2.24) is 9.29 Å². The predicted octanol–water partition coefficient (Wildman–Crippen LogP) is 3.26. The molecule has 0 radical (unpaired) electrons. The van der Waals surface area contributed by atoms with Crippen LogP contribution in [0.4, 0.5) is 8.78 Å². The molecule has 0 atom stereocenters. The number of rotatable bonds is 6. The first-order valence-electron chi connectivity index (χ1n) is 6.68. The monoisotopic (exact) mass is 346 g/mol. The lowest BCUT2D eigenvalue weighted by Crippen LogP contribution is -2.28. The fraction of sp³-hybridized carbons (Fsp3) is 0.357. The lowest BCUT2D eigenvalue weighted by Gasteiger charge is -2.14. The summed E-state index contributed by atoms with van der Waals surface area (Å²) in [4.78, 5) is 4.15. The summed E-state index contributed by atoms with van der Waals surface area (Å²) >= 11 is 1.17. The van der Waals surface area contributed by atoms with E-state index in [4.69, 9.17) is 0 Å². The summed E-state index contributed by atoms with van der Waals surface area (Å²) in [5, 5.41) is 2.01. The molecule has 0 N–H and O–H groups in total. The molecule has 120 valence electrons. The number of aromatic nitrogens is 1. The van der Waals surface area contributed by atoms with E-state index in [9.17, 15) is 17.2 Å². The maximum atomic E-state index is 13.7. The van der Waals surface area contributed by atoms with Crippen molar-refractivity contribution in [2.24, 2.45) is 0 Å². The van der Waals surface area contributed by atoms with E-state index in [0.29, 0.717) is 11.4 Å². The largest absolute Gasteiger partial charge is 0.240 e. The fourth-order valence-corrected chi connectivity index (χ4v) is 4.01. The van der Waals surface area contributed by atoms with E-state index < -0.39 is 21.7 Å². The Kier molecular flexibility index (Phi) is 5.25. The van der Waals surface area contributed by atoms with E-state index >= 15 is 0 Å². The van der Waals surface area contributed by atoms with Crippen LogP contribution in [0.3, 0.4) is 0 Å². The Morgan fingerprint density at radius 1 is 1.27 bits per heavy atom. The maximum absolute atomic E-state index is 13.7. The number of thiazole rings is 1. The van der Waals surface area contributed by atoms with Gasteiger partial charge in [0.05, 0.1) is 23.6 Å². The lowest BCUT2D eigenvalue weighted by atomic mass is 10.1. The quantitative estimate of drug-likeness (QED) is 0.807. The number of hydrogen-bond acceptors (Lipinski definition) is 4. The second kappa shape index (κ2) is 6.80. The fourth-order valence-electron chi connectivity index (χ4n) is 1.94. The molecule has 1 aromatic carbocycles. The Morgan fingerprint density at radius 2 is 1.91 bits per heavy atom. The lowest BCUT2D eigenvalue weighted by molar-refractivity contribution is 0.465. The molecule has 4 nitrogen and oxygen atoms in total. The molecule has 0 aliphatic carbocycles. The molecule has 0 aliphatic rings. The molecule has 0 spiro atoms. The molecule has 0 aliphatic heterocycles. The number of hydrogen-bond donors (Lipinski definition) is 0. The molecular weight excluding hydrogens is 330 g/mol. The number of benzene rings is 1. The second-order valence-corrected chi connectivity index (χ2v) is 7.93. The van der Waals surface area contributed by atoms with Crippen LogP contribution in [0.1, 0.15) is 18.4 Å². The third-order valence-corrected chi connectivity index (χ3v) is 5.90. The summed E-state index contributed by atoms with van der Waals surface area (Å²) in [6, 6.07) is 3.61. The van der Waals surface area contributed by atoms with Gasteiger partial charge in [-0.15, -0.1) is 11.3 Å². The van der Waals surface area contributed by atoms with Gasteiger partial charge < -0.3 is 0 Å². The normalized spacial score (nSPS) is 12.0. The average Bonchev–Trinajstić information content (AvgIpc) is 2.86. The standard InChI is InChI=1S/C14H16F2N2O2S2/c1-3-7-22(19,20)18(2)8-13-17-12(9-21-13)14-10(15)5-4-6-11(14)16/h4-6,9H,3,7-8H2,1-2H3. The van der Waals surface area contributed by atoms with Crippen LogP contribution in [0.15, 0.2) is 23.6 Å². The van der Waals surface area contributed by atoms with Gasteiger partial charge in [-0.25, -0.2) is 22.2 Å². The molecule has 1 heterocycles. The highest BCUT2D eigenvalue weighted by Crippen LogP contribution is 2.27. The zero-order chi connectivity index (χ0) is 16.3. The minimum atomic E-state index is -3.33. The summed E-state index contributed by atoms with van der Waals surface area (Å²) in [6.45, 7) is 1.87. The van der Waals surface area contributed by atoms with E-state index in [1.807, 2.05) is 0 Å². The summed E-state index contributed by atoms with van der Waals surface area (Å²) in [7, 11) is -1.86. The number of nitrogens with zero attached hydrogens (tertiary/aromatic N) is 2. The van der Waals surface area contributed by atoms with Crippen molar-refractivity contribution in [3.8, 4) is 11.3 Å². The van der Waals surface area contributed by atoms with Crippen LogP contribution in [0.2, 0.25) is 0 Å². The van der Waals surface area contributed by atoms with Gasteiger partial charge in [0.2, 0.25) is 10.0 Å². The number of sulfonamides is 1. The van der Waals surface area contributed by atoms with E-state index in [2.05, 4.69) is 4.98 Å². The highest BCUT2D eigenvalue weighted by atomic mass is 32.2. The molecule has 0 fully saturated rings. The first kappa shape index (κ1) is 17.0. The van der Waals surface area contributed by atoms with Gasteiger partial charge in [-0.3, -0.25) is 0 Å². The predicted molar refractivity (Wildman–Crippen MR) is 83.0 cm³/mol. The Bertz CT molecular complexity index is 740. The molecule has 0 saturated carbocycles. The summed E-state index contributed by atoms with van der Waals surface area (Å²) in [5.41, 5.74) is -0.0130. The van der Waals surface area contributed by atoms with Crippen molar-refractivity contribution in [1.29, 1.82) is 0 Å². The summed E-state index contributed by atoms with van der Waals surface area (Å²) < 4.78 is 52.4. The third kappa shape index (κ3) is 3.68. The smallest absolute Gasteiger partial charge is 0.214 e. The highest BCUT2D eigenvalue weighted by Gasteiger charge is 2.19. The van der Waals surface area contributed by atoms with Crippen molar-refractivity contribution < 1.29 is 17.2 Å². The van der Waals surface area contributed by atoms with Crippen LogP contribution >= 0.6 is 11.3 Å². The minimum absolute atomic E-state index is 0.0592. The van der Waals surface area contributed by atoms with Crippen LogP contribution in [0.25, 0.3) is 11.3 Å². The van der Waals surface area contributed by atoms with Crippen molar-refractivity contribution in [2.75, 3.05) is 12.8 Å². The molecule has 2 rings (SSSR count). The molecule has 0 saturated heterocycles. The molecule has 0 amide bonds. The van der Waals surface area contributed by atoms with Crippen LogP contribution in [0, 0.1) is 11.6 Å². The topological polar surface area (TPSA) is 50.3 Å². The third-order valence-electron chi connectivity index (χ3n) is 3.07. The highest BCUT2D eigenvalue weighted by molar-refractivity contribution is 7.89. The van der Waals surface area contributed by atoms with Gasteiger partial charge in [0, 0.05) is 12.4 Å². The Balaban J connectivity index is 2.23. The van der Waals surface area contributed by atoms with Crippen molar-refractivity contribution in [2.45, 2.75) is 19.9 Å². The van der Waals surface area contributed by atoms with Gasteiger partial charge in [-0.1, -0.05) is 13.0 Å². The van der Waals surface area contributed by atoms with Crippen LogP contribution in [0.5, 0.6) is 0 Å². The average molecular weight is 346 g/mol. The Morgan fingerprint density at radius 3 is 2.50 bits per heavy atom. The molecule has 2 aromatic rings. The van der Waals surface area contributed by atoms with Crippen molar-refractivity contribution in [3.05, 3.63) is 40.2 Å². The maximum Gasteiger partial charge on any atom is 0.214 e. The molecule has 0 unspecified atom stereocenters. The van der Waals surface area contributed by atoms with Crippen LogP contribution < -0.4 is 0 Å². The second-order valence-electron chi connectivity index (χ2n) is 4.80. The van der Waals surface area contributed by atoms with Gasteiger partial charge in [-0.2, -0.15) is 4.31 Å². The Labute approximate surface area is 132 Å². The van der Waals surface area contributed by atoms with Gasteiger partial charge in [0.15, 0.2) is 0 Å².